The lowest BCUT2D eigenvalue weighted by Crippen LogP contribution is -2.06. The number of anilines is 1. The summed E-state index contributed by atoms with van der Waals surface area (Å²) in [6, 6.07) is 5.17. The molecule has 3 nitrogen and oxygen atoms in total. The van der Waals surface area contributed by atoms with Gasteiger partial charge in [0.1, 0.15) is 11.6 Å². The van der Waals surface area contributed by atoms with Crippen LogP contribution in [0.5, 0.6) is 0 Å². The molecule has 0 spiro atoms. The van der Waals surface area contributed by atoms with Gasteiger partial charge in [0.05, 0.1) is 0 Å². The molecule has 1 aliphatic rings. The summed E-state index contributed by atoms with van der Waals surface area (Å²) in [6.07, 6.45) is 3.13. The zero-order valence-electron chi connectivity index (χ0n) is 11.8. The van der Waals surface area contributed by atoms with Crippen LogP contribution in [-0.4, -0.2) is 16.5 Å². The number of aromatic nitrogens is 2. The van der Waals surface area contributed by atoms with Crippen molar-refractivity contribution in [2.24, 2.45) is 0 Å². The van der Waals surface area contributed by atoms with Gasteiger partial charge in [-0.3, -0.25) is 0 Å². The Kier molecular flexibility index (Phi) is 3.38. The third kappa shape index (κ3) is 2.26. The number of nitrogens with one attached hydrogen (secondary N) is 1. The molecule has 1 N–H and O–H groups in total. The van der Waals surface area contributed by atoms with Crippen LogP contribution in [0.3, 0.4) is 0 Å². The molecule has 1 heterocycles. The quantitative estimate of drug-likeness (QED) is 0.928. The first-order valence-electron chi connectivity index (χ1n) is 7.09. The standard InChI is InChI=1S/C16H18FN3/c1-3-18-16-12-5-4-6-14(12)19-15(20-16)11-8-7-10(2)13(17)9-11/h7-9H,3-6H2,1-2H3,(H,18,19,20). The molecule has 2 aromatic rings. The fourth-order valence-electron chi connectivity index (χ4n) is 2.61. The van der Waals surface area contributed by atoms with Crippen molar-refractivity contribution in [2.45, 2.75) is 33.1 Å². The maximum Gasteiger partial charge on any atom is 0.161 e. The molecule has 0 saturated carbocycles. The highest BCUT2D eigenvalue weighted by molar-refractivity contribution is 5.61. The van der Waals surface area contributed by atoms with Gasteiger partial charge in [-0.05, 0) is 44.7 Å². The summed E-state index contributed by atoms with van der Waals surface area (Å²) in [5.41, 5.74) is 3.71. The summed E-state index contributed by atoms with van der Waals surface area (Å²) >= 11 is 0. The molecule has 0 atom stereocenters. The van der Waals surface area contributed by atoms with E-state index in [-0.39, 0.29) is 5.82 Å². The second-order valence-corrected chi connectivity index (χ2v) is 5.17. The number of rotatable bonds is 3. The van der Waals surface area contributed by atoms with Crippen LogP contribution in [0.1, 0.15) is 30.2 Å². The smallest absolute Gasteiger partial charge is 0.161 e. The average molecular weight is 271 g/mol. The molecule has 20 heavy (non-hydrogen) atoms. The minimum Gasteiger partial charge on any atom is -0.370 e. The predicted octanol–water partition coefficient (Wildman–Crippen LogP) is 3.51. The number of aryl methyl sites for hydroxylation is 2. The van der Waals surface area contributed by atoms with E-state index in [1.165, 1.54) is 11.6 Å². The van der Waals surface area contributed by atoms with Gasteiger partial charge in [-0.2, -0.15) is 0 Å². The Balaban J connectivity index is 2.09. The summed E-state index contributed by atoms with van der Waals surface area (Å²) in [5.74, 6) is 1.31. The Morgan fingerprint density at radius 1 is 1.25 bits per heavy atom. The van der Waals surface area contributed by atoms with E-state index in [4.69, 9.17) is 0 Å². The molecule has 0 saturated heterocycles. The van der Waals surface area contributed by atoms with E-state index >= 15 is 0 Å². The fourth-order valence-corrected chi connectivity index (χ4v) is 2.61. The third-order valence-electron chi connectivity index (χ3n) is 3.71. The Labute approximate surface area is 118 Å². The molecule has 0 aliphatic heterocycles. The van der Waals surface area contributed by atoms with Crippen LogP contribution in [0.2, 0.25) is 0 Å². The van der Waals surface area contributed by atoms with Gasteiger partial charge in [-0.25, -0.2) is 14.4 Å². The van der Waals surface area contributed by atoms with Gasteiger partial charge < -0.3 is 5.32 Å². The summed E-state index contributed by atoms with van der Waals surface area (Å²) in [7, 11) is 0. The van der Waals surface area contributed by atoms with E-state index in [1.807, 2.05) is 6.07 Å². The lowest BCUT2D eigenvalue weighted by molar-refractivity contribution is 0.619. The molecular formula is C16H18FN3. The van der Waals surface area contributed by atoms with Crippen LogP contribution < -0.4 is 5.32 Å². The Hall–Kier alpha value is -1.97. The molecule has 0 amide bonds. The molecule has 0 fully saturated rings. The van der Waals surface area contributed by atoms with Gasteiger partial charge in [0.15, 0.2) is 5.82 Å². The van der Waals surface area contributed by atoms with Crippen molar-refractivity contribution in [3.8, 4) is 11.4 Å². The molecule has 4 heteroatoms. The predicted molar refractivity (Wildman–Crippen MR) is 78.4 cm³/mol. The van der Waals surface area contributed by atoms with E-state index in [2.05, 4.69) is 22.2 Å². The van der Waals surface area contributed by atoms with Crippen LogP contribution in [0, 0.1) is 12.7 Å². The van der Waals surface area contributed by atoms with Crippen molar-refractivity contribution < 1.29 is 4.39 Å². The minimum atomic E-state index is -0.211. The second kappa shape index (κ2) is 5.19. The Bertz CT molecular complexity index is 652. The molecule has 104 valence electrons. The molecule has 1 aromatic heterocycles. The van der Waals surface area contributed by atoms with E-state index in [9.17, 15) is 4.39 Å². The number of fused-ring (bicyclic) bond motifs is 1. The number of benzene rings is 1. The van der Waals surface area contributed by atoms with Gasteiger partial charge >= 0.3 is 0 Å². The molecule has 0 bridgehead atoms. The monoisotopic (exact) mass is 271 g/mol. The van der Waals surface area contributed by atoms with Crippen LogP contribution in [0.15, 0.2) is 18.2 Å². The van der Waals surface area contributed by atoms with E-state index in [1.54, 1.807) is 13.0 Å². The van der Waals surface area contributed by atoms with Crippen molar-refractivity contribution in [2.75, 3.05) is 11.9 Å². The normalized spacial score (nSPS) is 13.3. The van der Waals surface area contributed by atoms with Crippen molar-refractivity contribution in [3.63, 3.8) is 0 Å². The maximum atomic E-state index is 13.7. The van der Waals surface area contributed by atoms with Gasteiger partial charge in [-0.15, -0.1) is 0 Å². The highest BCUT2D eigenvalue weighted by atomic mass is 19.1. The lowest BCUT2D eigenvalue weighted by atomic mass is 10.1. The number of halogens is 1. The van der Waals surface area contributed by atoms with Crippen LogP contribution in [0.25, 0.3) is 11.4 Å². The first kappa shape index (κ1) is 13.0. The van der Waals surface area contributed by atoms with Crippen molar-refractivity contribution in [1.82, 2.24) is 9.97 Å². The molecule has 1 aromatic carbocycles. The zero-order chi connectivity index (χ0) is 14.1. The highest BCUT2D eigenvalue weighted by Crippen LogP contribution is 2.29. The largest absolute Gasteiger partial charge is 0.370 e. The van der Waals surface area contributed by atoms with Gasteiger partial charge in [-0.1, -0.05) is 12.1 Å². The number of nitrogens with zero attached hydrogens (tertiary/aromatic N) is 2. The van der Waals surface area contributed by atoms with Crippen LogP contribution >= 0.6 is 0 Å². The van der Waals surface area contributed by atoms with Crippen LogP contribution in [0.4, 0.5) is 10.2 Å². The number of hydrogen-bond acceptors (Lipinski definition) is 3. The first-order chi connectivity index (χ1) is 9.69. The van der Waals surface area contributed by atoms with Crippen LogP contribution in [-0.2, 0) is 12.8 Å². The van der Waals surface area contributed by atoms with Gasteiger partial charge in [0.2, 0.25) is 0 Å². The van der Waals surface area contributed by atoms with E-state index in [0.29, 0.717) is 11.4 Å². The Morgan fingerprint density at radius 3 is 2.85 bits per heavy atom. The van der Waals surface area contributed by atoms with Crippen molar-refractivity contribution >= 4 is 5.82 Å². The zero-order valence-corrected chi connectivity index (χ0v) is 11.8. The van der Waals surface area contributed by atoms with E-state index in [0.717, 1.165) is 42.9 Å². The van der Waals surface area contributed by atoms with Crippen molar-refractivity contribution in [1.29, 1.82) is 0 Å². The maximum absolute atomic E-state index is 13.7. The molecular weight excluding hydrogens is 253 g/mol. The fraction of sp³-hybridized carbons (Fsp3) is 0.375. The summed E-state index contributed by atoms with van der Waals surface area (Å²) < 4.78 is 13.7. The minimum absolute atomic E-state index is 0.211. The molecule has 3 rings (SSSR count). The second-order valence-electron chi connectivity index (χ2n) is 5.17. The number of hydrogen-bond donors (Lipinski definition) is 1. The highest BCUT2D eigenvalue weighted by Gasteiger charge is 2.19. The third-order valence-corrected chi connectivity index (χ3v) is 3.71. The van der Waals surface area contributed by atoms with Gasteiger partial charge in [0.25, 0.3) is 0 Å². The molecule has 1 aliphatic carbocycles. The topological polar surface area (TPSA) is 37.8 Å². The van der Waals surface area contributed by atoms with Gasteiger partial charge in [0, 0.05) is 23.4 Å². The van der Waals surface area contributed by atoms with Crippen molar-refractivity contribution in [3.05, 3.63) is 40.8 Å². The molecule has 0 radical (unpaired) electrons. The Morgan fingerprint density at radius 2 is 2.10 bits per heavy atom. The summed E-state index contributed by atoms with van der Waals surface area (Å²) in [5, 5.41) is 3.30. The SMILES string of the molecule is CCNc1nc(-c2ccc(C)c(F)c2)nc2c1CCC2. The summed E-state index contributed by atoms with van der Waals surface area (Å²) in [4.78, 5) is 9.21. The average Bonchev–Trinajstić information content (AvgIpc) is 2.90. The molecule has 0 unspecified atom stereocenters. The van der Waals surface area contributed by atoms with E-state index < -0.39 is 0 Å². The summed E-state index contributed by atoms with van der Waals surface area (Å²) in [6.45, 7) is 4.63. The lowest BCUT2D eigenvalue weighted by Gasteiger charge is -2.11. The first-order valence-corrected chi connectivity index (χ1v) is 7.09.